The van der Waals surface area contributed by atoms with E-state index in [-0.39, 0.29) is 0 Å². The van der Waals surface area contributed by atoms with Crippen LogP contribution in [-0.4, -0.2) is 45.0 Å². The molecule has 0 unspecified atom stereocenters. The number of hydrogen-bond acceptors (Lipinski definition) is 3. The predicted molar refractivity (Wildman–Crippen MR) is 89.7 cm³/mol. The van der Waals surface area contributed by atoms with Crippen LogP contribution in [0.25, 0.3) is 11.0 Å². The van der Waals surface area contributed by atoms with Gasteiger partial charge in [-0.3, -0.25) is 0 Å². The third-order valence-corrected chi connectivity index (χ3v) is 4.79. The Morgan fingerprint density at radius 1 is 1.38 bits per heavy atom. The van der Waals surface area contributed by atoms with Gasteiger partial charge in [0, 0.05) is 31.6 Å². The lowest BCUT2D eigenvalue weighted by Gasteiger charge is -2.27. The van der Waals surface area contributed by atoms with Crippen LogP contribution in [0.2, 0.25) is 0 Å². The number of guanidine groups is 1. The molecule has 21 heavy (non-hydrogen) atoms. The Hall–Kier alpha value is -1.69. The maximum Gasteiger partial charge on any atom is 0.191 e. The van der Waals surface area contributed by atoms with Gasteiger partial charge in [0.1, 0.15) is 12.4 Å². The Morgan fingerprint density at radius 3 is 2.90 bits per heavy atom. The molecule has 1 aromatic heterocycles. The Labute approximate surface area is 129 Å². The lowest BCUT2D eigenvalue weighted by Crippen LogP contribution is -2.42. The zero-order valence-corrected chi connectivity index (χ0v) is 13.4. The van der Waals surface area contributed by atoms with Crippen LogP contribution in [0, 0.1) is 6.92 Å². The van der Waals surface area contributed by atoms with Gasteiger partial charge >= 0.3 is 0 Å². The summed E-state index contributed by atoms with van der Waals surface area (Å²) in [5.41, 5.74) is 9.48. The van der Waals surface area contributed by atoms with E-state index < -0.39 is 0 Å². The number of imidazole rings is 1. The van der Waals surface area contributed by atoms with Crippen molar-refractivity contribution in [3.8, 4) is 0 Å². The molecule has 1 aliphatic rings. The predicted octanol–water partition coefficient (Wildman–Crippen LogP) is 1.75. The molecule has 0 atom stereocenters. The van der Waals surface area contributed by atoms with E-state index in [1.165, 1.54) is 5.56 Å². The molecule has 0 bridgehead atoms. The number of fused-ring (bicyclic) bond motifs is 1. The second-order valence-corrected chi connectivity index (χ2v) is 6.58. The van der Waals surface area contributed by atoms with Gasteiger partial charge in [-0.05, 0) is 24.6 Å². The number of benzene rings is 1. The van der Waals surface area contributed by atoms with Gasteiger partial charge in [-0.25, -0.2) is 9.98 Å². The maximum atomic E-state index is 6.09. The minimum absolute atomic E-state index is 0.527. The molecule has 1 fully saturated rings. The zero-order chi connectivity index (χ0) is 14.8. The van der Waals surface area contributed by atoms with Crippen molar-refractivity contribution < 1.29 is 0 Å². The van der Waals surface area contributed by atoms with Crippen molar-refractivity contribution in [3.63, 3.8) is 0 Å². The van der Waals surface area contributed by atoms with Crippen molar-refractivity contribution in [1.82, 2.24) is 14.5 Å². The molecule has 112 valence electrons. The SMILES string of the molecule is Cc1ccc2c(c1)nc(CN=C(N)N1CCSCC1)n2C. The highest BCUT2D eigenvalue weighted by Gasteiger charge is 2.13. The second-order valence-electron chi connectivity index (χ2n) is 5.35. The van der Waals surface area contributed by atoms with Crippen LogP contribution in [-0.2, 0) is 13.6 Å². The average molecular weight is 303 g/mol. The molecule has 2 aromatic rings. The molecular weight excluding hydrogens is 282 g/mol. The van der Waals surface area contributed by atoms with E-state index in [1.54, 1.807) is 0 Å². The van der Waals surface area contributed by atoms with Crippen LogP contribution < -0.4 is 5.73 Å². The molecule has 1 aliphatic heterocycles. The van der Waals surface area contributed by atoms with Crippen molar-refractivity contribution >= 4 is 28.8 Å². The van der Waals surface area contributed by atoms with Crippen molar-refractivity contribution in [3.05, 3.63) is 29.6 Å². The van der Waals surface area contributed by atoms with Gasteiger partial charge in [-0.1, -0.05) is 6.07 Å². The zero-order valence-electron chi connectivity index (χ0n) is 12.5. The molecule has 1 saturated heterocycles. The standard InChI is InChI=1S/C15H21N5S/c1-11-3-4-13-12(9-11)18-14(19(13)2)10-17-15(16)20-5-7-21-8-6-20/h3-4,9H,5-8,10H2,1-2H3,(H2,16,17). The molecule has 0 amide bonds. The van der Waals surface area contributed by atoms with Crippen LogP contribution in [0.1, 0.15) is 11.4 Å². The van der Waals surface area contributed by atoms with Crippen molar-refractivity contribution in [1.29, 1.82) is 0 Å². The third-order valence-electron chi connectivity index (χ3n) is 3.85. The number of nitrogens with zero attached hydrogens (tertiary/aromatic N) is 4. The lowest BCUT2D eigenvalue weighted by atomic mass is 10.2. The highest BCUT2D eigenvalue weighted by molar-refractivity contribution is 7.99. The van der Waals surface area contributed by atoms with Gasteiger partial charge in [0.25, 0.3) is 0 Å². The van der Waals surface area contributed by atoms with Crippen LogP contribution in [0.4, 0.5) is 0 Å². The first-order valence-corrected chi connectivity index (χ1v) is 8.35. The van der Waals surface area contributed by atoms with Gasteiger partial charge in [-0.15, -0.1) is 0 Å². The summed E-state index contributed by atoms with van der Waals surface area (Å²) in [4.78, 5) is 11.3. The quantitative estimate of drug-likeness (QED) is 0.678. The van der Waals surface area contributed by atoms with Crippen molar-refractivity contribution in [2.75, 3.05) is 24.6 Å². The van der Waals surface area contributed by atoms with Gasteiger partial charge in [0.2, 0.25) is 0 Å². The first-order valence-electron chi connectivity index (χ1n) is 7.20. The number of aliphatic imine (C=N–C) groups is 1. The highest BCUT2D eigenvalue weighted by atomic mass is 32.2. The van der Waals surface area contributed by atoms with Crippen molar-refractivity contribution in [2.24, 2.45) is 17.8 Å². The van der Waals surface area contributed by atoms with Crippen LogP contribution in [0.3, 0.4) is 0 Å². The summed E-state index contributed by atoms with van der Waals surface area (Å²) in [7, 11) is 2.03. The van der Waals surface area contributed by atoms with Crippen molar-refractivity contribution in [2.45, 2.75) is 13.5 Å². The molecule has 1 aromatic carbocycles. The molecule has 2 N–H and O–H groups in total. The molecule has 0 spiro atoms. The fraction of sp³-hybridized carbons (Fsp3) is 0.467. The number of rotatable bonds is 2. The van der Waals surface area contributed by atoms with Gasteiger partial charge in [-0.2, -0.15) is 11.8 Å². The fourth-order valence-electron chi connectivity index (χ4n) is 2.55. The molecule has 5 nitrogen and oxygen atoms in total. The average Bonchev–Trinajstić information content (AvgIpc) is 2.81. The van der Waals surface area contributed by atoms with Gasteiger partial charge in [0.05, 0.1) is 11.0 Å². The fourth-order valence-corrected chi connectivity index (χ4v) is 3.45. The van der Waals surface area contributed by atoms with E-state index in [1.807, 2.05) is 18.8 Å². The summed E-state index contributed by atoms with van der Waals surface area (Å²) in [6.07, 6.45) is 0. The summed E-state index contributed by atoms with van der Waals surface area (Å²) < 4.78 is 2.09. The Bertz CT molecular complexity index is 670. The normalized spacial score (nSPS) is 16.7. The lowest BCUT2D eigenvalue weighted by molar-refractivity contribution is 0.455. The summed E-state index contributed by atoms with van der Waals surface area (Å²) in [5, 5.41) is 0. The first kappa shape index (κ1) is 14.3. The summed E-state index contributed by atoms with van der Waals surface area (Å²) >= 11 is 1.97. The second kappa shape index (κ2) is 5.97. The molecule has 0 saturated carbocycles. The smallest absolute Gasteiger partial charge is 0.191 e. The molecular formula is C15H21N5S. The van der Waals surface area contributed by atoms with Crippen LogP contribution in [0.15, 0.2) is 23.2 Å². The van der Waals surface area contributed by atoms with E-state index in [4.69, 9.17) is 5.73 Å². The monoisotopic (exact) mass is 303 g/mol. The van der Waals surface area contributed by atoms with E-state index in [2.05, 4.69) is 44.6 Å². The molecule has 3 rings (SSSR count). The molecule has 0 radical (unpaired) electrons. The Balaban J connectivity index is 1.79. The first-order chi connectivity index (χ1) is 10.1. The molecule has 2 heterocycles. The molecule has 6 heteroatoms. The number of hydrogen-bond donors (Lipinski definition) is 1. The topological polar surface area (TPSA) is 59.4 Å². The number of thioether (sulfide) groups is 1. The van der Waals surface area contributed by atoms with Gasteiger partial charge in [0.15, 0.2) is 5.96 Å². The Morgan fingerprint density at radius 2 is 2.14 bits per heavy atom. The minimum atomic E-state index is 0.527. The van der Waals surface area contributed by atoms with E-state index >= 15 is 0 Å². The van der Waals surface area contributed by atoms with Crippen LogP contribution >= 0.6 is 11.8 Å². The molecule has 0 aliphatic carbocycles. The summed E-state index contributed by atoms with van der Waals surface area (Å²) in [6.45, 7) is 4.58. The van der Waals surface area contributed by atoms with Crippen LogP contribution in [0.5, 0.6) is 0 Å². The maximum absolute atomic E-state index is 6.09. The van der Waals surface area contributed by atoms with E-state index in [9.17, 15) is 0 Å². The largest absolute Gasteiger partial charge is 0.370 e. The Kier molecular flexibility index (Phi) is 4.05. The third kappa shape index (κ3) is 3.00. The summed E-state index contributed by atoms with van der Waals surface area (Å²) in [6, 6.07) is 6.32. The van der Waals surface area contributed by atoms with E-state index in [0.717, 1.165) is 41.5 Å². The number of aromatic nitrogens is 2. The van der Waals surface area contributed by atoms with E-state index in [0.29, 0.717) is 12.5 Å². The summed E-state index contributed by atoms with van der Waals surface area (Å²) in [5.74, 6) is 3.84. The number of nitrogens with two attached hydrogens (primary N) is 1. The number of aryl methyl sites for hydroxylation is 2. The minimum Gasteiger partial charge on any atom is -0.370 e. The highest BCUT2D eigenvalue weighted by Crippen LogP contribution is 2.17. The van der Waals surface area contributed by atoms with Gasteiger partial charge < -0.3 is 15.2 Å².